The highest BCUT2D eigenvalue weighted by atomic mass is 35.5. The number of halogens is 1. The van der Waals surface area contributed by atoms with Crippen LogP contribution in [0.25, 0.3) is 0 Å². The second-order valence-corrected chi connectivity index (χ2v) is 5.48. The Hall–Kier alpha value is -0.570. The molecule has 0 heterocycles. The van der Waals surface area contributed by atoms with E-state index in [0.29, 0.717) is 5.92 Å². The van der Waals surface area contributed by atoms with Gasteiger partial charge in [-0.3, -0.25) is 11.3 Å². The Balaban J connectivity index is 2.21. The normalized spacial score (nSPS) is 19.2. The molecule has 1 aliphatic carbocycles. The molecule has 1 saturated carbocycles. The maximum absolute atomic E-state index is 6.00. The highest BCUT2D eigenvalue weighted by molar-refractivity contribution is 6.30. The molecule has 1 aliphatic rings. The Morgan fingerprint density at radius 2 is 2.00 bits per heavy atom. The molecule has 94 valence electrons. The van der Waals surface area contributed by atoms with E-state index in [0.717, 1.165) is 5.02 Å². The van der Waals surface area contributed by atoms with Gasteiger partial charge < -0.3 is 0 Å². The lowest BCUT2D eigenvalue weighted by molar-refractivity contribution is 0.273. The van der Waals surface area contributed by atoms with Crippen molar-refractivity contribution in [1.82, 2.24) is 5.43 Å². The van der Waals surface area contributed by atoms with Gasteiger partial charge in [0.1, 0.15) is 0 Å². The Bertz CT molecular complexity index is 372. The van der Waals surface area contributed by atoms with Crippen molar-refractivity contribution < 1.29 is 0 Å². The molecule has 1 fully saturated rings. The van der Waals surface area contributed by atoms with Crippen molar-refractivity contribution in [2.24, 2.45) is 11.8 Å². The minimum absolute atomic E-state index is 0.271. The molecule has 3 N–H and O–H groups in total. The molecule has 0 bridgehead atoms. The van der Waals surface area contributed by atoms with E-state index < -0.39 is 0 Å². The summed E-state index contributed by atoms with van der Waals surface area (Å²) in [6, 6.07) is 6.35. The maximum Gasteiger partial charge on any atom is 0.0490 e. The van der Waals surface area contributed by atoms with Crippen LogP contribution >= 0.6 is 11.6 Å². The molecule has 0 aromatic heterocycles. The molecule has 17 heavy (non-hydrogen) atoms. The fourth-order valence-electron chi connectivity index (χ4n) is 2.94. The zero-order chi connectivity index (χ0) is 12.3. The number of nitrogens with one attached hydrogen (secondary N) is 1. The number of rotatable bonds is 3. The molecular formula is C14H21ClN2. The van der Waals surface area contributed by atoms with Crippen molar-refractivity contribution in [3.8, 4) is 0 Å². The molecular weight excluding hydrogens is 232 g/mol. The molecule has 1 aromatic rings. The van der Waals surface area contributed by atoms with Gasteiger partial charge in [-0.25, -0.2) is 0 Å². The van der Waals surface area contributed by atoms with E-state index in [1.165, 1.54) is 43.2 Å². The molecule has 2 nitrogen and oxygen atoms in total. The first-order chi connectivity index (χ1) is 8.22. The summed E-state index contributed by atoms with van der Waals surface area (Å²) in [7, 11) is 0. The van der Waals surface area contributed by atoms with E-state index in [4.69, 9.17) is 17.4 Å². The Morgan fingerprint density at radius 3 is 2.59 bits per heavy atom. The summed E-state index contributed by atoms with van der Waals surface area (Å²) in [5.41, 5.74) is 5.53. The number of hydrazine groups is 1. The zero-order valence-corrected chi connectivity index (χ0v) is 11.1. The van der Waals surface area contributed by atoms with Gasteiger partial charge in [0.15, 0.2) is 0 Å². The van der Waals surface area contributed by atoms with Gasteiger partial charge in [-0.2, -0.15) is 0 Å². The third-order valence-corrected chi connectivity index (χ3v) is 4.10. The van der Waals surface area contributed by atoms with E-state index in [-0.39, 0.29) is 6.04 Å². The number of aryl methyl sites for hydroxylation is 1. The zero-order valence-electron chi connectivity index (χ0n) is 10.4. The van der Waals surface area contributed by atoms with Crippen molar-refractivity contribution in [1.29, 1.82) is 0 Å². The summed E-state index contributed by atoms with van der Waals surface area (Å²) in [6.07, 6.45) is 6.58. The van der Waals surface area contributed by atoms with Crippen LogP contribution in [0.2, 0.25) is 5.02 Å². The van der Waals surface area contributed by atoms with Gasteiger partial charge in [0, 0.05) is 11.1 Å². The first-order valence-electron chi connectivity index (χ1n) is 6.44. The van der Waals surface area contributed by atoms with Crippen molar-refractivity contribution in [3.05, 3.63) is 34.3 Å². The van der Waals surface area contributed by atoms with Gasteiger partial charge in [0.25, 0.3) is 0 Å². The van der Waals surface area contributed by atoms with Crippen LogP contribution in [0, 0.1) is 12.8 Å². The van der Waals surface area contributed by atoms with Gasteiger partial charge in [-0.15, -0.1) is 0 Å². The molecule has 0 aliphatic heterocycles. The van der Waals surface area contributed by atoms with Gasteiger partial charge in [-0.05, 0) is 48.9 Å². The van der Waals surface area contributed by atoms with Gasteiger partial charge in [0.05, 0.1) is 0 Å². The van der Waals surface area contributed by atoms with Crippen LogP contribution in [0.4, 0.5) is 0 Å². The highest BCUT2D eigenvalue weighted by Gasteiger charge is 2.25. The summed E-state index contributed by atoms with van der Waals surface area (Å²) < 4.78 is 0. The van der Waals surface area contributed by atoms with Crippen molar-refractivity contribution in [2.45, 2.75) is 45.1 Å². The van der Waals surface area contributed by atoms with Crippen molar-refractivity contribution >= 4 is 11.6 Å². The molecule has 1 aromatic carbocycles. The van der Waals surface area contributed by atoms with E-state index in [9.17, 15) is 0 Å². The minimum Gasteiger partial charge on any atom is -0.271 e. The summed E-state index contributed by atoms with van der Waals surface area (Å²) in [5.74, 6) is 6.42. The van der Waals surface area contributed by atoms with Crippen LogP contribution in [-0.2, 0) is 0 Å². The molecule has 0 spiro atoms. The second-order valence-electron chi connectivity index (χ2n) is 5.04. The van der Waals surface area contributed by atoms with E-state index >= 15 is 0 Å². The lowest BCUT2D eigenvalue weighted by Gasteiger charge is -2.31. The number of benzene rings is 1. The van der Waals surface area contributed by atoms with Crippen molar-refractivity contribution in [2.75, 3.05) is 0 Å². The molecule has 0 radical (unpaired) electrons. The highest BCUT2D eigenvalue weighted by Crippen LogP contribution is 2.35. The Kier molecular flexibility index (Phi) is 4.43. The molecule has 0 amide bonds. The average Bonchev–Trinajstić information content (AvgIpc) is 2.34. The van der Waals surface area contributed by atoms with E-state index in [2.05, 4.69) is 18.4 Å². The smallest absolute Gasteiger partial charge is 0.0490 e. The summed E-state index contributed by atoms with van der Waals surface area (Å²) >= 11 is 6.00. The quantitative estimate of drug-likeness (QED) is 0.635. The van der Waals surface area contributed by atoms with E-state index in [1.807, 2.05) is 12.1 Å². The standard InChI is InChI=1S/C14H21ClN2/c1-10-9-12(15)7-8-13(10)14(17-16)11-5-3-2-4-6-11/h7-9,11,14,17H,2-6,16H2,1H3. The molecule has 1 unspecified atom stereocenters. The predicted molar refractivity (Wildman–Crippen MR) is 72.8 cm³/mol. The lowest BCUT2D eigenvalue weighted by Crippen LogP contribution is -2.35. The first-order valence-corrected chi connectivity index (χ1v) is 6.82. The fourth-order valence-corrected chi connectivity index (χ4v) is 3.16. The topological polar surface area (TPSA) is 38.0 Å². The van der Waals surface area contributed by atoms with Crippen LogP contribution in [0.1, 0.15) is 49.3 Å². The van der Waals surface area contributed by atoms with Crippen LogP contribution in [0.15, 0.2) is 18.2 Å². The minimum atomic E-state index is 0.271. The lowest BCUT2D eigenvalue weighted by atomic mass is 9.80. The molecule has 2 rings (SSSR count). The summed E-state index contributed by atoms with van der Waals surface area (Å²) in [4.78, 5) is 0. The third-order valence-electron chi connectivity index (χ3n) is 3.87. The SMILES string of the molecule is Cc1cc(Cl)ccc1C(NN)C1CCCCC1. The number of hydrogen-bond donors (Lipinski definition) is 2. The third kappa shape index (κ3) is 3.01. The molecule has 0 saturated heterocycles. The van der Waals surface area contributed by atoms with Crippen molar-refractivity contribution in [3.63, 3.8) is 0 Å². The van der Waals surface area contributed by atoms with Crippen LogP contribution in [0.3, 0.4) is 0 Å². The van der Waals surface area contributed by atoms with E-state index in [1.54, 1.807) is 0 Å². The number of nitrogens with two attached hydrogens (primary N) is 1. The van der Waals surface area contributed by atoms with Crippen LogP contribution < -0.4 is 11.3 Å². The summed E-state index contributed by atoms with van der Waals surface area (Å²) in [6.45, 7) is 2.11. The number of hydrogen-bond acceptors (Lipinski definition) is 2. The van der Waals surface area contributed by atoms with Gasteiger partial charge in [0.2, 0.25) is 0 Å². The predicted octanol–water partition coefficient (Wildman–Crippen LogP) is 3.73. The Labute approximate surface area is 109 Å². The second kappa shape index (κ2) is 5.85. The maximum atomic E-state index is 6.00. The monoisotopic (exact) mass is 252 g/mol. The Morgan fingerprint density at radius 1 is 1.29 bits per heavy atom. The average molecular weight is 253 g/mol. The fraction of sp³-hybridized carbons (Fsp3) is 0.571. The van der Waals surface area contributed by atoms with Gasteiger partial charge >= 0.3 is 0 Å². The van der Waals surface area contributed by atoms with Crippen LogP contribution in [-0.4, -0.2) is 0 Å². The van der Waals surface area contributed by atoms with Gasteiger partial charge in [-0.1, -0.05) is 36.9 Å². The summed E-state index contributed by atoms with van der Waals surface area (Å²) in [5, 5.41) is 0.797. The largest absolute Gasteiger partial charge is 0.271 e. The molecule has 1 atom stereocenters. The van der Waals surface area contributed by atoms with Crippen LogP contribution in [0.5, 0.6) is 0 Å². The first kappa shape index (κ1) is 12.9. The molecule has 3 heteroatoms.